The van der Waals surface area contributed by atoms with Crippen LogP contribution in [0.3, 0.4) is 0 Å². The van der Waals surface area contributed by atoms with Gasteiger partial charge < -0.3 is 9.88 Å². The van der Waals surface area contributed by atoms with Gasteiger partial charge >= 0.3 is 0 Å². The molecule has 6 heteroatoms. The number of hydrogen-bond acceptors (Lipinski definition) is 3. The lowest BCUT2D eigenvalue weighted by molar-refractivity contribution is 0.464. The minimum atomic E-state index is -3.31. The van der Waals surface area contributed by atoms with Crippen LogP contribution in [0.2, 0.25) is 0 Å². The summed E-state index contributed by atoms with van der Waals surface area (Å²) in [5.74, 6) is 0. The van der Waals surface area contributed by atoms with E-state index in [-0.39, 0.29) is 6.04 Å². The topological polar surface area (TPSA) is 54.3 Å². The highest BCUT2D eigenvalue weighted by Crippen LogP contribution is 2.30. The Kier molecular flexibility index (Phi) is 3.29. The Hall–Kier alpha value is -0.850. The number of aryl methyl sites for hydroxylation is 1. The van der Waals surface area contributed by atoms with Crippen LogP contribution in [-0.4, -0.2) is 37.4 Å². The molecule has 96 valence electrons. The maximum atomic E-state index is 12.3. The SMILES string of the molecule is CNCc1cc(S(=O)(=O)N(C)C2CC2)cn1C. The molecule has 5 nitrogen and oxygen atoms in total. The molecule has 1 aliphatic rings. The first-order valence-corrected chi connectivity index (χ1v) is 7.18. The molecule has 1 fully saturated rings. The highest BCUT2D eigenvalue weighted by atomic mass is 32.2. The van der Waals surface area contributed by atoms with Gasteiger partial charge in [0.2, 0.25) is 10.0 Å². The minimum Gasteiger partial charge on any atom is -0.352 e. The molecule has 2 rings (SSSR count). The quantitative estimate of drug-likeness (QED) is 0.837. The van der Waals surface area contributed by atoms with Crippen molar-refractivity contribution in [2.45, 2.75) is 30.3 Å². The predicted molar refractivity (Wildman–Crippen MR) is 66.1 cm³/mol. The second-order valence-corrected chi connectivity index (χ2v) is 6.56. The normalized spacial score (nSPS) is 16.7. The van der Waals surface area contributed by atoms with Crippen molar-refractivity contribution in [1.82, 2.24) is 14.2 Å². The molecule has 17 heavy (non-hydrogen) atoms. The molecule has 1 aromatic heterocycles. The van der Waals surface area contributed by atoms with Crippen LogP contribution in [0.1, 0.15) is 18.5 Å². The van der Waals surface area contributed by atoms with Crippen molar-refractivity contribution in [3.05, 3.63) is 18.0 Å². The smallest absolute Gasteiger partial charge is 0.244 e. The fraction of sp³-hybridized carbons (Fsp3) is 0.636. The van der Waals surface area contributed by atoms with Gasteiger partial charge in [-0.25, -0.2) is 8.42 Å². The van der Waals surface area contributed by atoms with Crippen molar-refractivity contribution in [2.24, 2.45) is 7.05 Å². The largest absolute Gasteiger partial charge is 0.352 e. The molecule has 0 aromatic carbocycles. The van der Waals surface area contributed by atoms with Gasteiger partial charge in [0.15, 0.2) is 0 Å². The van der Waals surface area contributed by atoms with Gasteiger partial charge in [-0.2, -0.15) is 4.31 Å². The van der Waals surface area contributed by atoms with E-state index in [0.29, 0.717) is 11.4 Å². The van der Waals surface area contributed by atoms with E-state index in [2.05, 4.69) is 5.32 Å². The van der Waals surface area contributed by atoms with Crippen molar-refractivity contribution in [1.29, 1.82) is 0 Å². The molecule has 1 aliphatic carbocycles. The van der Waals surface area contributed by atoms with Crippen molar-refractivity contribution in [2.75, 3.05) is 14.1 Å². The molecule has 1 saturated carbocycles. The first-order valence-electron chi connectivity index (χ1n) is 5.74. The molecule has 0 amide bonds. The van der Waals surface area contributed by atoms with E-state index in [0.717, 1.165) is 18.5 Å². The highest BCUT2D eigenvalue weighted by Gasteiger charge is 2.35. The lowest BCUT2D eigenvalue weighted by Crippen LogP contribution is -2.28. The number of nitrogens with one attached hydrogen (secondary N) is 1. The highest BCUT2D eigenvalue weighted by molar-refractivity contribution is 7.89. The molecule has 0 radical (unpaired) electrons. The van der Waals surface area contributed by atoms with Gasteiger partial charge in [-0.1, -0.05) is 0 Å². The van der Waals surface area contributed by atoms with Gasteiger partial charge in [0.05, 0.1) is 0 Å². The number of sulfonamides is 1. The summed E-state index contributed by atoms with van der Waals surface area (Å²) in [5, 5.41) is 3.02. The van der Waals surface area contributed by atoms with Crippen LogP contribution in [0.15, 0.2) is 17.2 Å². The summed E-state index contributed by atoms with van der Waals surface area (Å²) in [6.07, 6.45) is 3.64. The van der Waals surface area contributed by atoms with Crippen LogP contribution >= 0.6 is 0 Å². The molecule has 0 bridgehead atoms. The van der Waals surface area contributed by atoms with Gasteiger partial charge in [-0.05, 0) is 26.0 Å². The van der Waals surface area contributed by atoms with E-state index in [1.807, 2.05) is 18.7 Å². The Morgan fingerprint density at radius 1 is 1.53 bits per heavy atom. The van der Waals surface area contributed by atoms with Crippen LogP contribution in [0.5, 0.6) is 0 Å². The summed E-state index contributed by atoms with van der Waals surface area (Å²) in [7, 11) is 2.06. The standard InChI is InChI=1S/C11H19N3O2S/c1-12-7-10-6-11(8-13(10)2)17(15,16)14(3)9-4-5-9/h6,8-9,12H,4-5,7H2,1-3H3. The van der Waals surface area contributed by atoms with Crippen molar-refractivity contribution in [3.63, 3.8) is 0 Å². The summed E-state index contributed by atoms with van der Waals surface area (Å²) < 4.78 is 27.9. The molecule has 0 atom stereocenters. The Balaban J connectivity index is 2.29. The number of aromatic nitrogens is 1. The first kappa shape index (κ1) is 12.6. The van der Waals surface area contributed by atoms with Gasteiger partial charge in [0.25, 0.3) is 0 Å². The van der Waals surface area contributed by atoms with Crippen molar-refractivity contribution < 1.29 is 8.42 Å². The Morgan fingerprint density at radius 3 is 2.71 bits per heavy atom. The average molecular weight is 257 g/mol. The molecule has 0 saturated heterocycles. The number of rotatable bonds is 5. The van der Waals surface area contributed by atoms with Crippen molar-refractivity contribution in [3.8, 4) is 0 Å². The summed E-state index contributed by atoms with van der Waals surface area (Å²) in [5.41, 5.74) is 0.968. The number of nitrogens with zero attached hydrogens (tertiary/aromatic N) is 2. The fourth-order valence-electron chi connectivity index (χ4n) is 1.88. The molecular formula is C11H19N3O2S. The summed E-state index contributed by atoms with van der Waals surface area (Å²) in [6, 6.07) is 1.94. The summed E-state index contributed by atoms with van der Waals surface area (Å²) >= 11 is 0. The van der Waals surface area contributed by atoms with Gasteiger partial charge in [0, 0.05) is 38.6 Å². The molecule has 1 N–H and O–H groups in total. The summed E-state index contributed by atoms with van der Waals surface area (Å²) in [4.78, 5) is 0.389. The zero-order valence-corrected chi connectivity index (χ0v) is 11.3. The lowest BCUT2D eigenvalue weighted by atomic mass is 10.4. The van der Waals surface area contributed by atoms with Crippen LogP contribution in [0.4, 0.5) is 0 Å². The van der Waals surface area contributed by atoms with E-state index in [4.69, 9.17) is 0 Å². The van der Waals surface area contributed by atoms with E-state index in [1.54, 1.807) is 19.3 Å². The van der Waals surface area contributed by atoms with Gasteiger partial charge in [0.1, 0.15) is 4.90 Å². The second kappa shape index (κ2) is 4.44. The van der Waals surface area contributed by atoms with E-state index in [1.165, 1.54) is 4.31 Å². The zero-order valence-electron chi connectivity index (χ0n) is 10.5. The van der Waals surface area contributed by atoms with Crippen molar-refractivity contribution >= 4 is 10.0 Å². The molecule has 1 heterocycles. The molecule has 0 unspecified atom stereocenters. The predicted octanol–water partition coefficient (Wildman–Crippen LogP) is 0.527. The maximum absolute atomic E-state index is 12.3. The molecular weight excluding hydrogens is 238 g/mol. The molecule has 1 aromatic rings. The molecule has 0 spiro atoms. The maximum Gasteiger partial charge on any atom is 0.244 e. The van der Waals surface area contributed by atoms with E-state index >= 15 is 0 Å². The van der Waals surface area contributed by atoms with Crippen LogP contribution in [0.25, 0.3) is 0 Å². The monoisotopic (exact) mass is 257 g/mol. The zero-order chi connectivity index (χ0) is 12.6. The van der Waals surface area contributed by atoms with E-state index in [9.17, 15) is 8.42 Å². The fourth-order valence-corrected chi connectivity index (χ4v) is 3.39. The Labute approximate surface area is 102 Å². The minimum absolute atomic E-state index is 0.202. The average Bonchev–Trinajstić information content (AvgIpc) is 3.04. The third-order valence-corrected chi connectivity index (χ3v) is 5.05. The summed E-state index contributed by atoms with van der Waals surface area (Å²) in [6.45, 7) is 0.666. The Morgan fingerprint density at radius 2 is 2.18 bits per heavy atom. The number of hydrogen-bond donors (Lipinski definition) is 1. The van der Waals surface area contributed by atoms with Crippen LogP contribution < -0.4 is 5.32 Å². The van der Waals surface area contributed by atoms with Gasteiger partial charge in [-0.3, -0.25) is 0 Å². The second-order valence-electron chi connectivity index (χ2n) is 4.56. The van der Waals surface area contributed by atoms with Crippen LogP contribution in [-0.2, 0) is 23.6 Å². The first-order chi connectivity index (χ1) is 7.96. The van der Waals surface area contributed by atoms with Crippen LogP contribution in [0, 0.1) is 0 Å². The molecule has 0 aliphatic heterocycles. The lowest BCUT2D eigenvalue weighted by Gasteiger charge is -2.14. The third-order valence-electron chi connectivity index (χ3n) is 3.18. The van der Waals surface area contributed by atoms with E-state index < -0.39 is 10.0 Å². The third kappa shape index (κ3) is 2.38. The van der Waals surface area contributed by atoms with Gasteiger partial charge in [-0.15, -0.1) is 0 Å². The Bertz CT molecular complexity index is 503.